The average molecular weight is 314 g/mol. The Morgan fingerprint density at radius 1 is 1.67 bits per heavy atom. The molecule has 5 N–H and O–H groups in total. The highest BCUT2D eigenvalue weighted by Gasteiger charge is 2.36. The van der Waals surface area contributed by atoms with E-state index in [1.807, 2.05) is 0 Å². The molecule has 0 radical (unpaired) electrons. The van der Waals surface area contributed by atoms with Gasteiger partial charge in [0.2, 0.25) is 5.71 Å². The minimum absolute atomic E-state index is 0.0462. The molecule has 0 saturated heterocycles. The number of aliphatic hydroxyl groups excluding tert-OH is 1. The third-order valence-electron chi connectivity index (χ3n) is 2.92. The Hall–Kier alpha value is -2.39. The van der Waals surface area contributed by atoms with Gasteiger partial charge in [0.15, 0.2) is 0 Å². The zero-order valence-corrected chi connectivity index (χ0v) is 11.4. The number of nitrogens with one attached hydrogen (secondary N) is 2. The van der Waals surface area contributed by atoms with Crippen molar-refractivity contribution < 1.29 is 14.8 Å². The molecule has 1 unspecified atom stereocenters. The van der Waals surface area contributed by atoms with Crippen molar-refractivity contribution in [1.82, 2.24) is 5.43 Å². The Bertz CT molecular complexity index is 633. The van der Waals surface area contributed by atoms with Gasteiger partial charge in [0, 0.05) is 9.95 Å². The molecule has 0 fully saturated rings. The molecule has 2 rings (SSSR count). The van der Waals surface area contributed by atoms with Gasteiger partial charge in [-0.25, -0.2) is 0 Å². The SMILES string of the molecule is Nc1cc(CO)c(Cl)cc1NC(=O)C1=NNCC1[N+](=O)[O-]. The molecule has 1 aliphatic heterocycles. The Morgan fingerprint density at radius 3 is 3.00 bits per heavy atom. The van der Waals surface area contributed by atoms with E-state index < -0.39 is 16.9 Å². The number of amides is 1. The largest absolute Gasteiger partial charge is 0.397 e. The lowest BCUT2D eigenvalue weighted by atomic mass is 10.1. The highest BCUT2D eigenvalue weighted by atomic mass is 35.5. The smallest absolute Gasteiger partial charge is 0.280 e. The first kappa shape index (κ1) is 15.0. The van der Waals surface area contributed by atoms with Crippen molar-refractivity contribution in [2.24, 2.45) is 5.10 Å². The lowest BCUT2D eigenvalue weighted by Crippen LogP contribution is -2.38. The van der Waals surface area contributed by atoms with E-state index >= 15 is 0 Å². The predicted octanol–water partition coefficient (Wildman–Crippen LogP) is -0.0425. The van der Waals surface area contributed by atoms with Crippen molar-refractivity contribution in [3.63, 3.8) is 0 Å². The number of anilines is 2. The highest BCUT2D eigenvalue weighted by Crippen LogP contribution is 2.27. The van der Waals surface area contributed by atoms with Crippen molar-refractivity contribution in [1.29, 1.82) is 0 Å². The maximum absolute atomic E-state index is 12.0. The van der Waals surface area contributed by atoms with Crippen molar-refractivity contribution >= 4 is 34.6 Å². The molecule has 0 spiro atoms. The molecule has 0 saturated carbocycles. The van der Waals surface area contributed by atoms with Crippen LogP contribution in [0.1, 0.15) is 5.56 Å². The van der Waals surface area contributed by atoms with Crippen LogP contribution in [0.25, 0.3) is 0 Å². The summed E-state index contributed by atoms with van der Waals surface area (Å²) in [6.45, 7) is -0.341. The van der Waals surface area contributed by atoms with E-state index in [1.165, 1.54) is 12.1 Å². The van der Waals surface area contributed by atoms with Crippen LogP contribution in [0.5, 0.6) is 0 Å². The van der Waals surface area contributed by atoms with Gasteiger partial charge in [-0.15, -0.1) is 0 Å². The van der Waals surface area contributed by atoms with Gasteiger partial charge in [0.05, 0.1) is 18.0 Å². The van der Waals surface area contributed by atoms with Gasteiger partial charge in [0.1, 0.15) is 6.54 Å². The van der Waals surface area contributed by atoms with E-state index in [9.17, 15) is 14.9 Å². The molecule has 1 heterocycles. The highest BCUT2D eigenvalue weighted by molar-refractivity contribution is 6.45. The molecular weight excluding hydrogens is 302 g/mol. The fourth-order valence-electron chi connectivity index (χ4n) is 1.82. The molecule has 112 valence electrons. The first-order valence-electron chi connectivity index (χ1n) is 5.88. The maximum Gasteiger partial charge on any atom is 0.280 e. The number of aliphatic hydroxyl groups is 1. The lowest BCUT2D eigenvalue weighted by molar-refractivity contribution is -0.498. The van der Waals surface area contributed by atoms with Crippen LogP contribution < -0.4 is 16.5 Å². The number of nitro groups is 1. The fraction of sp³-hybridized carbons (Fsp3) is 0.273. The third kappa shape index (κ3) is 3.03. The van der Waals surface area contributed by atoms with Crippen LogP contribution in [0.3, 0.4) is 0 Å². The minimum atomic E-state index is -1.21. The van der Waals surface area contributed by atoms with Crippen LogP contribution in [0.2, 0.25) is 5.02 Å². The summed E-state index contributed by atoms with van der Waals surface area (Å²) in [6.07, 6.45) is 0. The molecule has 1 amide bonds. The molecule has 1 aliphatic rings. The van der Waals surface area contributed by atoms with Gasteiger partial charge in [-0.2, -0.15) is 5.10 Å². The van der Waals surface area contributed by atoms with E-state index in [2.05, 4.69) is 15.8 Å². The summed E-state index contributed by atoms with van der Waals surface area (Å²) in [7, 11) is 0. The topological polar surface area (TPSA) is 143 Å². The van der Waals surface area contributed by atoms with Crippen molar-refractivity contribution in [3.8, 4) is 0 Å². The summed E-state index contributed by atoms with van der Waals surface area (Å²) in [6, 6.07) is 1.57. The van der Waals surface area contributed by atoms with Gasteiger partial charge >= 0.3 is 0 Å². The zero-order valence-electron chi connectivity index (χ0n) is 10.7. The monoisotopic (exact) mass is 313 g/mol. The minimum Gasteiger partial charge on any atom is -0.397 e. The normalized spacial score (nSPS) is 17.0. The molecule has 21 heavy (non-hydrogen) atoms. The number of nitrogens with two attached hydrogens (primary N) is 1. The Labute approximate surface area is 123 Å². The number of halogens is 1. The number of nitrogens with zero attached hydrogens (tertiary/aromatic N) is 2. The van der Waals surface area contributed by atoms with Crippen LogP contribution in [0.15, 0.2) is 17.2 Å². The van der Waals surface area contributed by atoms with Crippen LogP contribution in [-0.2, 0) is 11.4 Å². The van der Waals surface area contributed by atoms with Gasteiger partial charge in [-0.3, -0.25) is 14.9 Å². The lowest BCUT2D eigenvalue weighted by Gasteiger charge is -2.11. The van der Waals surface area contributed by atoms with E-state index in [-0.39, 0.29) is 35.3 Å². The molecule has 1 aromatic rings. The van der Waals surface area contributed by atoms with Crippen molar-refractivity contribution in [2.45, 2.75) is 12.6 Å². The molecular formula is C11H12ClN5O4. The number of hydrazone groups is 1. The van der Waals surface area contributed by atoms with Gasteiger partial charge < -0.3 is 21.6 Å². The molecule has 1 aromatic carbocycles. The Kier molecular flexibility index (Phi) is 4.24. The van der Waals surface area contributed by atoms with Crippen LogP contribution in [0.4, 0.5) is 11.4 Å². The number of nitrogen functional groups attached to an aromatic ring is 1. The summed E-state index contributed by atoms with van der Waals surface area (Å²) >= 11 is 5.91. The summed E-state index contributed by atoms with van der Waals surface area (Å²) in [5.74, 6) is -0.735. The molecule has 0 bridgehead atoms. The van der Waals surface area contributed by atoms with Gasteiger partial charge in [-0.05, 0) is 17.7 Å². The summed E-state index contributed by atoms with van der Waals surface area (Å²) < 4.78 is 0. The standard InChI is InChI=1S/C11H12ClN5O4/c12-6-2-8(7(13)1-5(6)4-18)15-11(19)10-9(17(20)21)3-14-16-10/h1-2,9,14,18H,3-4,13H2,(H,15,19). The summed E-state index contributed by atoms with van der Waals surface area (Å²) in [5, 5.41) is 26.1. The predicted molar refractivity (Wildman–Crippen MR) is 76.6 cm³/mol. The van der Waals surface area contributed by atoms with Crippen LogP contribution in [0, 0.1) is 10.1 Å². The second-order valence-corrected chi connectivity index (χ2v) is 4.71. The maximum atomic E-state index is 12.0. The number of hydrogen-bond acceptors (Lipinski definition) is 7. The Morgan fingerprint density at radius 2 is 2.38 bits per heavy atom. The van der Waals surface area contributed by atoms with Crippen LogP contribution in [-0.4, -0.2) is 34.2 Å². The summed E-state index contributed by atoms with van der Waals surface area (Å²) in [4.78, 5) is 22.2. The number of carbonyl (C=O) groups excluding carboxylic acids is 1. The molecule has 0 aliphatic carbocycles. The van der Waals surface area contributed by atoms with Crippen molar-refractivity contribution in [3.05, 3.63) is 32.8 Å². The molecule has 10 heteroatoms. The van der Waals surface area contributed by atoms with E-state index in [0.717, 1.165) is 0 Å². The quantitative estimate of drug-likeness (QED) is 0.349. The summed E-state index contributed by atoms with van der Waals surface area (Å²) in [5.41, 5.74) is 8.70. The first-order chi connectivity index (χ1) is 9.93. The van der Waals surface area contributed by atoms with Crippen molar-refractivity contribution in [2.75, 3.05) is 17.6 Å². The first-order valence-corrected chi connectivity index (χ1v) is 6.26. The fourth-order valence-corrected chi connectivity index (χ4v) is 2.04. The van der Waals surface area contributed by atoms with Gasteiger partial charge in [0.25, 0.3) is 11.9 Å². The number of benzene rings is 1. The zero-order chi connectivity index (χ0) is 15.6. The number of rotatable bonds is 4. The third-order valence-corrected chi connectivity index (χ3v) is 3.28. The molecule has 9 nitrogen and oxygen atoms in total. The molecule has 1 atom stereocenters. The van der Waals surface area contributed by atoms with Gasteiger partial charge in [-0.1, -0.05) is 11.6 Å². The Balaban J connectivity index is 2.21. The molecule has 0 aromatic heterocycles. The van der Waals surface area contributed by atoms with Crippen LogP contribution >= 0.6 is 11.6 Å². The average Bonchev–Trinajstić information content (AvgIpc) is 2.92. The number of hydrogen-bond donors (Lipinski definition) is 4. The van der Waals surface area contributed by atoms with E-state index in [1.54, 1.807) is 0 Å². The number of carbonyl (C=O) groups is 1. The second-order valence-electron chi connectivity index (χ2n) is 4.30. The van der Waals surface area contributed by atoms with E-state index in [4.69, 9.17) is 22.4 Å². The second kappa shape index (κ2) is 5.94. The van der Waals surface area contributed by atoms with E-state index in [0.29, 0.717) is 5.56 Å².